The van der Waals surface area contributed by atoms with Crippen LogP contribution in [-0.4, -0.2) is 18.5 Å². The molecule has 0 spiro atoms. The molecule has 1 rings (SSSR count). The van der Waals surface area contributed by atoms with Gasteiger partial charge in [0.1, 0.15) is 5.82 Å². The number of likely N-dealkylation sites (N-methyl/N-ethyl adjacent to an activating group) is 1. The summed E-state index contributed by atoms with van der Waals surface area (Å²) in [6.45, 7) is 7.74. The molecule has 108 valence electrons. The van der Waals surface area contributed by atoms with Crippen LogP contribution in [0.5, 0.6) is 0 Å². The van der Waals surface area contributed by atoms with E-state index in [1.165, 1.54) is 6.07 Å². The second-order valence-electron chi connectivity index (χ2n) is 5.90. The Bertz CT molecular complexity index is 512. The highest BCUT2D eigenvalue weighted by Gasteiger charge is 2.03. The van der Waals surface area contributed by atoms with Crippen molar-refractivity contribution in [1.82, 2.24) is 4.90 Å². The molecule has 20 heavy (non-hydrogen) atoms. The second kappa shape index (κ2) is 7.61. The van der Waals surface area contributed by atoms with E-state index in [4.69, 9.17) is 0 Å². The van der Waals surface area contributed by atoms with Gasteiger partial charge in [0.2, 0.25) is 0 Å². The number of halogens is 2. The minimum atomic E-state index is -0.214. The molecule has 0 N–H and O–H groups in total. The molecule has 0 aliphatic carbocycles. The van der Waals surface area contributed by atoms with E-state index in [2.05, 4.69) is 53.4 Å². The van der Waals surface area contributed by atoms with Crippen molar-refractivity contribution in [3.63, 3.8) is 0 Å². The first-order valence-electron chi connectivity index (χ1n) is 6.57. The van der Waals surface area contributed by atoms with Crippen molar-refractivity contribution in [2.75, 3.05) is 13.6 Å². The van der Waals surface area contributed by atoms with Crippen LogP contribution in [0, 0.1) is 23.1 Å². The Hall–Kier alpha value is -1.11. The highest BCUT2D eigenvalue weighted by Crippen LogP contribution is 2.16. The van der Waals surface area contributed by atoms with E-state index >= 15 is 0 Å². The van der Waals surface area contributed by atoms with Crippen LogP contribution in [0.1, 0.15) is 26.3 Å². The zero-order valence-electron chi connectivity index (χ0n) is 12.5. The second-order valence-corrected chi connectivity index (χ2v) is 6.81. The van der Waals surface area contributed by atoms with Gasteiger partial charge in [0.15, 0.2) is 0 Å². The molecule has 1 aromatic carbocycles. The summed E-state index contributed by atoms with van der Waals surface area (Å²) in [4.78, 5) is 2.11. The van der Waals surface area contributed by atoms with Gasteiger partial charge in [0.25, 0.3) is 0 Å². The van der Waals surface area contributed by atoms with Crippen molar-refractivity contribution >= 4 is 15.9 Å². The lowest BCUT2D eigenvalue weighted by Crippen LogP contribution is -2.17. The lowest BCUT2D eigenvalue weighted by molar-refractivity contribution is 0.362. The molecule has 0 fully saturated rings. The van der Waals surface area contributed by atoms with Gasteiger partial charge >= 0.3 is 0 Å². The quantitative estimate of drug-likeness (QED) is 0.724. The van der Waals surface area contributed by atoms with Crippen molar-refractivity contribution in [3.8, 4) is 11.8 Å². The molecule has 0 heterocycles. The number of allylic oxidation sites excluding steroid dienone is 1. The fourth-order valence-corrected chi connectivity index (χ4v) is 2.14. The molecule has 0 unspecified atom stereocenters. The Balaban J connectivity index is 2.49. The molecule has 3 heteroatoms. The zero-order valence-corrected chi connectivity index (χ0v) is 14.1. The lowest BCUT2D eigenvalue weighted by Gasteiger charge is -2.14. The Morgan fingerprint density at radius 2 is 2.00 bits per heavy atom. The zero-order chi connectivity index (χ0) is 15.2. The first kappa shape index (κ1) is 16.9. The molecule has 0 amide bonds. The molecule has 0 radical (unpaired) electrons. The average molecular weight is 338 g/mol. The summed E-state index contributed by atoms with van der Waals surface area (Å²) in [5.74, 6) is 5.97. The number of nitrogens with zero attached hydrogens (tertiary/aromatic N) is 1. The van der Waals surface area contributed by atoms with Crippen molar-refractivity contribution in [1.29, 1.82) is 0 Å². The SMILES string of the molecule is CN(C/C=C/C#CC(C)(C)C)Cc1cc(F)cc(Br)c1. The van der Waals surface area contributed by atoms with Gasteiger partial charge in [-0.3, -0.25) is 4.90 Å². The Morgan fingerprint density at radius 1 is 1.30 bits per heavy atom. The Morgan fingerprint density at radius 3 is 2.60 bits per heavy atom. The highest BCUT2D eigenvalue weighted by atomic mass is 79.9. The summed E-state index contributed by atoms with van der Waals surface area (Å²) in [6, 6.07) is 4.96. The largest absolute Gasteiger partial charge is 0.298 e. The highest BCUT2D eigenvalue weighted by molar-refractivity contribution is 9.10. The number of hydrogen-bond acceptors (Lipinski definition) is 1. The van der Waals surface area contributed by atoms with E-state index in [-0.39, 0.29) is 11.2 Å². The smallest absolute Gasteiger partial charge is 0.124 e. The van der Waals surface area contributed by atoms with Crippen LogP contribution >= 0.6 is 15.9 Å². The van der Waals surface area contributed by atoms with Gasteiger partial charge in [-0.25, -0.2) is 4.39 Å². The van der Waals surface area contributed by atoms with Crippen molar-refractivity contribution in [3.05, 3.63) is 46.2 Å². The average Bonchev–Trinajstić information content (AvgIpc) is 2.25. The molecule has 0 aliphatic rings. The van der Waals surface area contributed by atoms with Crippen LogP contribution in [0.15, 0.2) is 34.8 Å². The van der Waals surface area contributed by atoms with Gasteiger partial charge in [-0.2, -0.15) is 0 Å². The van der Waals surface area contributed by atoms with Crippen LogP contribution in [0.2, 0.25) is 0 Å². The fraction of sp³-hybridized carbons (Fsp3) is 0.412. The van der Waals surface area contributed by atoms with Gasteiger partial charge in [0, 0.05) is 23.0 Å². The maximum atomic E-state index is 13.3. The van der Waals surface area contributed by atoms with E-state index in [1.807, 2.05) is 25.3 Å². The summed E-state index contributed by atoms with van der Waals surface area (Å²) in [5, 5.41) is 0. The summed E-state index contributed by atoms with van der Waals surface area (Å²) >= 11 is 3.30. The Kier molecular flexibility index (Phi) is 6.45. The van der Waals surface area contributed by atoms with Crippen molar-refractivity contribution < 1.29 is 4.39 Å². The molecule has 0 bridgehead atoms. The molecule has 0 saturated heterocycles. The first-order chi connectivity index (χ1) is 9.26. The van der Waals surface area contributed by atoms with Gasteiger partial charge in [-0.1, -0.05) is 33.8 Å². The van der Waals surface area contributed by atoms with Crippen molar-refractivity contribution in [2.45, 2.75) is 27.3 Å². The van der Waals surface area contributed by atoms with Crippen LogP contribution in [-0.2, 0) is 6.54 Å². The molecule has 1 nitrogen and oxygen atoms in total. The number of benzene rings is 1. The molecule has 0 aliphatic heterocycles. The third kappa shape index (κ3) is 7.47. The van der Waals surface area contributed by atoms with E-state index in [0.717, 1.165) is 16.6 Å². The monoisotopic (exact) mass is 337 g/mol. The predicted octanol–water partition coefficient (Wildman–Crippen LogP) is 4.63. The molecule has 0 atom stereocenters. The first-order valence-corrected chi connectivity index (χ1v) is 7.37. The van der Waals surface area contributed by atoms with E-state index < -0.39 is 0 Å². The number of rotatable bonds is 4. The fourth-order valence-electron chi connectivity index (χ4n) is 1.63. The summed E-state index contributed by atoms with van der Waals surface area (Å²) in [5.41, 5.74) is 0.984. The van der Waals surface area contributed by atoms with E-state index in [1.54, 1.807) is 6.07 Å². The molecule has 0 aromatic heterocycles. The number of hydrogen-bond donors (Lipinski definition) is 0. The summed E-state index contributed by atoms with van der Waals surface area (Å²) < 4.78 is 14.0. The maximum absolute atomic E-state index is 13.3. The molecular formula is C17H21BrFN. The van der Waals surface area contributed by atoms with E-state index in [9.17, 15) is 4.39 Å². The lowest BCUT2D eigenvalue weighted by atomic mass is 9.98. The predicted molar refractivity (Wildman–Crippen MR) is 86.8 cm³/mol. The van der Waals surface area contributed by atoms with Crippen LogP contribution in [0.4, 0.5) is 4.39 Å². The maximum Gasteiger partial charge on any atom is 0.124 e. The minimum absolute atomic E-state index is 0.0318. The topological polar surface area (TPSA) is 3.24 Å². The standard InChI is InChI=1S/C17H21BrFN/c1-17(2,3)8-6-5-7-9-20(4)13-14-10-15(18)12-16(19)11-14/h5,7,10-12H,9,13H2,1-4H3/b7-5+. The molecule has 0 saturated carbocycles. The third-order valence-electron chi connectivity index (χ3n) is 2.44. The Labute approximate surface area is 130 Å². The summed E-state index contributed by atoms with van der Waals surface area (Å²) in [7, 11) is 2.00. The van der Waals surface area contributed by atoms with Gasteiger partial charge in [-0.15, -0.1) is 0 Å². The van der Waals surface area contributed by atoms with Crippen LogP contribution < -0.4 is 0 Å². The van der Waals surface area contributed by atoms with Crippen LogP contribution in [0.25, 0.3) is 0 Å². The van der Waals surface area contributed by atoms with Gasteiger partial charge in [0.05, 0.1) is 0 Å². The van der Waals surface area contributed by atoms with Crippen molar-refractivity contribution in [2.24, 2.45) is 5.41 Å². The minimum Gasteiger partial charge on any atom is -0.298 e. The van der Waals surface area contributed by atoms with Gasteiger partial charge in [-0.05, 0) is 57.7 Å². The van der Waals surface area contributed by atoms with Gasteiger partial charge < -0.3 is 0 Å². The molecule has 1 aromatic rings. The third-order valence-corrected chi connectivity index (χ3v) is 2.90. The molecular weight excluding hydrogens is 317 g/mol. The van der Waals surface area contributed by atoms with E-state index in [0.29, 0.717) is 6.54 Å². The normalized spacial score (nSPS) is 11.8. The summed E-state index contributed by atoms with van der Waals surface area (Å²) in [6.07, 6.45) is 3.90. The van der Waals surface area contributed by atoms with Crippen LogP contribution in [0.3, 0.4) is 0 Å².